The van der Waals surface area contributed by atoms with Gasteiger partial charge in [0, 0.05) is 5.75 Å². The zero-order valence-electron chi connectivity index (χ0n) is 13.7. The van der Waals surface area contributed by atoms with Crippen molar-refractivity contribution in [3.63, 3.8) is 0 Å². The van der Waals surface area contributed by atoms with E-state index < -0.39 is 14.9 Å². The number of thioether (sulfide) groups is 1. The zero-order valence-corrected chi connectivity index (χ0v) is 16.6. The summed E-state index contributed by atoms with van der Waals surface area (Å²) < 4.78 is 20.6. The van der Waals surface area contributed by atoms with Crippen molar-refractivity contribution in [2.75, 3.05) is 11.1 Å². The Kier molecular flexibility index (Phi) is 6.14. The van der Waals surface area contributed by atoms with E-state index in [1.165, 1.54) is 0 Å². The molecule has 1 aromatic rings. The van der Waals surface area contributed by atoms with Gasteiger partial charge in [-0.05, 0) is 0 Å². The van der Waals surface area contributed by atoms with E-state index in [-0.39, 0.29) is 24.0 Å². The average Bonchev–Trinajstić information content (AvgIpc) is 3.11. The number of fused-ring (bicyclic) bond motifs is 1. The van der Waals surface area contributed by atoms with Crippen molar-refractivity contribution < 1.29 is 17.4 Å². The summed E-state index contributed by atoms with van der Waals surface area (Å²) in [5, 5.41) is 9.12. The summed E-state index contributed by atoms with van der Waals surface area (Å²) in [6, 6.07) is 6.85. The molecule has 4 unspecified atom stereocenters. The molecule has 2 fully saturated rings. The molecular weight excluding hydrogens is 405 g/mol. The van der Waals surface area contributed by atoms with E-state index >= 15 is 0 Å². The predicted octanol–water partition coefficient (Wildman–Crippen LogP) is 0.201. The van der Waals surface area contributed by atoms with Crippen molar-refractivity contribution in [3.05, 3.63) is 24.3 Å². The molecule has 0 spiro atoms. The van der Waals surface area contributed by atoms with E-state index in [1.54, 1.807) is 24.3 Å². The Morgan fingerprint density at radius 3 is 2.76 bits per heavy atom. The number of carbonyl (C=O) groups is 2. The predicted molar refractivity (Wildman–Crippen MR) is 98.7 cm³/mol. The molecule has 0 aliphatic carbocycles. The molecule has 2 aliphatic heterocycles. The van der Waals surface area contributed by atoms with E-state index in [9.17, 15) is 13.3 Å². The van der Waals surface area contributed by atoms with Crippen molar-refractivity contribution >= 4 is 48.7 Å². The third-order valence-corrected chi connectivity index (χ3v) is 7.74. The van der Waals surface area contributed by atoms with Gasteiger partial charge in [0.15, 0.2) is 0 Å². The van der Waals surface area contributed by atoms with E-state index in [0.29, 0.717) is 21.7 Å². The van der Waals surface area contributed by atoms with Gasteiger partial charge in [0.05, 0.1) is 6.04 Å². The molecule has 0 bridgehead atoms. The van der Waals surface area contributed by atoms with Crippen LogP contribution in [0.4, 0.5) is 10.5 Å². The van der Waals surface area contributed by atoms with Crippen LogP contribution < -0.4 is 20.3 Å². The number of hydrogen-bond acceptors (Lipinski definition) is 4. The van der Waals surface area contributed by atoms with Gasteiger partial charge in [0.1, 0.15) is 0 Å². The number of benzene rings is 1. The fourth-order valence-electron chi connectivity index (χ4n) is 3.19. The monoisotopic (exact) mass is 427 g/mol. The minimum absolute atomic E-state index is 0.0529. The molecule has 25 heavy (non-hydrogen) atoms. The molecule has 0 radical (unpaired) electrons. The van der Waals surface area contributed by atoms with Crippen molar-refractivity contribution in [3.8, 4) is 0 Å². The molecule has 3 rings (SSSR count). The number of rotatable bonds is 7. The number of hydrogen-bond donors (Lipinski definition) is 4. The molecule has 9 heteroatoms. The summed E-state index contributed by atoms with van der Waals surface area (Å²) in [5.74, 6) is 0.898. The van der Waals surface area contributed by atoms with Gasteiger partial charge in [0.25, 0.3) is 0 Å². The summed E-state index contributed by atoms with van der Waals surface area (Å²) in [5.41, 5.74) is 0.641. The number of unbranched alkanes of at least 4 members (excludes halogenated alkanes) is 1. The Morgan fingerprint density at radius 2 is 2.04 bits per heavy atom. The fraction of sp³-hybridized carbons (Fsp3) is 0.500. The summed E-state index contributed by atoms with van der Waals surface area (Å²) in [7, 11) is 0. The third-order valence-electron chi connectivity index (χ3n) is 4.50. The molecule has 4 atom stereocenters. The van der Waals surface area contributed by atoms with Crippen LogP contribution in [0.15, 0.2) is 24.3 Å². The third kappa shape index (κ3) is 4.83. The van der Waals surface area contributed by atoms with Crippen molar-refractivity contribution in [1.82, 2.24) is 10.6 Å². The molecule has 136 valence electrons. The van der Waals surface area contributed by atoms with Crippen LogP contribution in [0.2, 0.25) is 0 Å². The first kappa shape index (κ1) is 18.4. The zero-order chi connectivity index (χ0) is 17.8. The van der Waals surface area contributed by atoms with E-state index in [2.05, 4.69) is 16.0 Å². The van der Waals surface area contributed by atoms with Crippen LogP contribution in [-0.2, 0) is 8.53 Å². The van der Waals surface area contributed by atoms with Crippen LogP contribution in [0.5, 0.6) is 0 Å². The quantitative estimate of drug-likeness (QED) is 0.283. The maximum atomic E-state index is 12.0. The van der Waals surface area contributed by atoms with Gasteiger partial charge >= 0.3 is 128 Å². The second-order valence-electron chi connectivity index (χ2n) is 6.30. The van der Waals surface area contributed by atoms with Gasteiger partial charge in [-0.15, -0.1) is 0 Å². The van der Waals surface area contributed by atoms with Crippen LogP contribution in [0.1, 0.15) is 25.7 Å². The number of carbonyl (C=O) groups excluding carboxylic acids is 2. The molecule has 0 aromatic heterocycles. The van der Waals surface area contributed by atoms with Crippen LogP contribution in [-0.4, -0.2) is 54.1 Å². The SMILES string of the molecule is O=C(CCCCC1SCC2NC(=O)NC21)Nc1ccc([AsH](=O)O)cc1. The summed E-state index contributed by atoms with van der Waals surface area (Å²) >= 11 is -1.40. The number of urea groups is 1. The van der Waals surface area contributed by atoms with Crippen LogP contribution in [0, 0.1) is 0 Å². The van der Waals surface area contributed by atoms with Crippen LogP contribution >= 0.6 is 11.8 Å². The first-order chi connectivity index (χ1) is 12.0. The standard InChI is InChI=1S/C16H22AsN3O4S/c21-14(18-11-7-5-10(6-8-11)17(23)24)4-2-1-3-13-15-12(9-25-13)19-16(22)20-15/h5-8,12-13,15,17H,1-4,9H2,(H,18,21)(H,23,24)(H2,19,20,22). The molecule has 0 saturated carbocycles. The second kappa shape index (κ2) is 8.34. The number of amides is 3. The van der Waals surface area contributed by atoms with Crippen LogP contribution in [0.3, 0.4) is 0 Å². The minimum atomic E-state index is -3.28. The van der Waals surface area contributed by atoms with E-state index in [1.807, 2.05) is 11.8 Å². The first-order valence-corrected chi connectivity index (χ1v) is 12.2. The number of nitrogens with one attached hydrogen (secondary N) is 3. The topological polar surface area (TPSA) is 108 Å². The molecule has 1 aromatic carbocycles. The number of anilines is 1. The normalized spacial score (nSPS) is 25.8. The molecule has 7 nitrogen and oxygen atoms in total. The second-order valence-corrected chi connectivity index (χ2v) is 10.1. The Morgan fingerprint density at radius 1 is 1.28 bits per heavy atom. The Bertz CT molecular complexity index is 670. The Hall–Kier alpha value is -1.37. The Labute approximate surface area is 155 Å². The van der Waals surface area contributed by atoms with Gasteiger partial charge < -0.3 is 10.6 Å². The maximum absolute atomic E-state index is 12.0. The van der Waals surface area contributed by atoms with Gasteiger partial charge in [0.2, 0.25) is 0 Å². The van der Waals surface area contributed by atoms with E-state index in [4.69, 9.17) is 4.10 Å². The van der Waals surface area contributed by atoms with E-state index in [0.717, 1.165) is 25.0 Å². The van der Waals surface area contributed by atoms with Crippen LogP contribution in [0.25, 0.3) is 0 Å². The Balaban J connectivity index is 1.35. The molecule has 2 saturated heterocycles. The molecule has 2 heterocycles. The van der Waals surface area contributed by atoms with Gasteiger partial charge in [-0.1, -0.05) is 0 Å². The molecule has 3 amide bonds. The van der Waals surface area contributed by atoms with Gasteiger partial charge in [-0.3, -0.25) is 0 Å². The average molecular weight is 427 g/mol. The molecular formula is C16H22AsN3O4S. The van der Waals surface area contributed by atoms with Gasteiger partial charge in [-0.25, -0.2) is 4.79 Å². The van der Waals surface area contributed by atoms with Crippen molar-refractivity contribution in [1.29, 1.82) is 0 Å². The summed E-state index contributed by atoms with van der Waals surface area (Å²) in [4.78, 5) is 23.3. The fourth-order valence-corrected chi connectivity index (χ4v) is 5.69. The summed E-state index contributed by atoms with van der Waals surface area (Å²) in [6.45, 7) is 0. The van der Waals surface area contributed by atoms with Crippen molar-refractivity contribution in [2.24, 2.45) is 0 Å². The molecule has 2 aliphatic rings. The van der Waals surface area contributed by atoms with Gasteiger partial charge in [-0.2, -0.15) is 0 Å². The summed E-state index contributed by atoms with van der Waals surface area (Å²) in [6.07, 6.45) is 3.17. The molecule has 4 N–H and O–H groups in total. The first-order valence-electron chi connectivity index (χ1n) is 8.35. The van der Waals surface area contributed by atoms with Crippen molar-refractivity contribution in [2.45, 2.75) is 43.0 Å².